The van der Waals surface area contributed by atoms with Gasteiger partial charge in [0.1, 0.15) is 5.60 Å². The lowest BCUT2D eigenvalue weighted by molar-refractivity contribution is 0.195. The molecule has 2 aliphatic carbocycles. The van der Waals surface area contributed by atoms with E-state index >= 15 is 0 Å². The summed E-state index contributed by atoms with van der Waals surface area (Å²) in [5.41, 5.74) is 1.88. The molecule has 17 heavy (non-hydrogen) atoms. The van der Waals surface area contributed by atoms with Crippen molar-refractivity contribution in [2.75, 3.05) is 0 Å². The Morgan fingerprint density at radius 3 is 2.76 bits per heavy atom. The molecule has 0 unspecified atom stereocenters. The Bertz CT molecular complexity index is 347. The third kappa shape index (κ3) is 1.54. The standard InChI is InChI=1S/C16H26O/c1-11(2)13-6-5-8-15(4)16(17-15)9-7-12(3)14(16)10-13/h12-14H,1,5-10H2,2-4H3/t12-,13+,14-,15+,16+/m0/s1. The maximum Gasteiger partial charge on any atom is 0.101 e. The molecule has 1 nitrogen and oxygen atoms in total. The highest BCUT2D eigenvalue weighted by Gasteiger charge is 2.72. The van der Waals surface area contributed by atoms with Crippen molar-refractivity contribution in [3.8, 4) is 0 Å². The minimum absolute atomic E-state index is 0.225. The molecule has 3 fully saturated rings. The molecule has 0 bridgehead atoms. The van der Waals surface area contributed by atoms with Crippen LogP contribution >= 0.6 is 0 Å². The van der Waals surface area contributed by atoms with Crippen molar-refractivity contribution in [1.29, 1.82) is 0 Å². The smallest absolute Gasteiger partial charge is 0.101 e. The maximum atomic E-state index is 6.31. The Labute approximate surface area is 106 Å². The molecule has 3 aliphatic rings. The average Bonchev–Trinajstić information content (AvgIpc) is 2.68. The quantitative estimate of drug-likeness (QED) is 0.486. The van der Waals surface area contributed by atoms with Crippen LogP contribution in [0.3, 0.4) is 0 Å². The summed E-state index contributed by atoms with van der Waals surface area (Å²) in [6.45, 7) is 11.2. The summed E-state index contributed by atoms with van der Waals surface area (Å²) < 4.78 is 6.31. The van der Waals surface area contributed by atoms with Gasteiger partial charge in [0.15, 0.2) is 0 Å². The van der Waals surface area contributed by atoms with Crippen LogP contribution in [0.2, 0.25) is 0 Å². The zero-order valence-electron chi connectivity index (χ0n) is 11.6. The lowest BCUT2D eigenvalue weighted by Crippen LogP contribution is -2.33. The van der Waals surface area contributed by atoms with E-state index in [2.05, 4.69) is 27.4 Å². The summed E-state index contributed by atoms with van der Waals surface area (Å²) in [6.07, 6.45) is 7.90. The zero-order chi connectivity index (χ0) is 12.3. The second kappa shape index (κ2) is 3.60. The van der Waals surface area contributed by atoms with Crippen molar-refractivity contribution in [3.63, 3.8) is 0 Å². The summed E-state index contributed by atoms with van der Waals surface area (Å²) in [7, 11) is 0. The Morgan fingerprint density at radius 2 is 2.06 bits per heavy atom. The molecule has 0 aromatic heterocycles. The van der Waals surface area contributed by atoms with Crippen molar-refractivity contribution in [2.45, 2.75) is 70.5 Å². The monoisotopic (exact) mass is 234 g/mol. The largest absolute Gasteiger partial charge is 0.363 e. The van der Waals surface area contributed by atoms with Gasteiger partial charge in [0.05, 0.1) is 5.60 Å². The number of rotatable bonds is 1. The van der Waals surface area contributed by atoms with Crippen molar-refractivity contribution in [3.05, 3.63) is 12.2 Å². The van der Waals surface area contributed by atoms with Crippen LogP contribution in [-0.2, 0) is 4.74 Å². The molecule has 0 radical (unpaired) electrons. The van der Waals surface area contributed by atoms with Gasteiger partial charge in [-0.05, 0) is 70.1 Å². The first-order valence-corrected chi connectivity index (χ1v) is 7.34. The summed E-state index contributed by atoms with van der Waals surface area (Å²) in [5.74, 6) is 2.37. The van der Waals surface area contributed by atoms with Gasteiger partial charge in [-0.2, -0.15) is 0 Å². The molecule has 0 aromatic carbocycles. The van der Waals surface area contributed by atoms with Gasteiger partial charge in [-0.15, -0.1) is 0 Å². The fourth-order valence-electron chi connectivity index (χ4n) is 4.69. The van der Waals surface area contributed by atoms with Gasteiger partial charge in [0.2, 0.25) is 0 Å². The van der Waals surface area contributed by atoms with Crippen LogP contribution in [0.25, 0.3) is 0 Å². The van der Waals surface area contributed by atoms with Crippen LogP contribution in [0.4, 0.5) is 0 Å². The predicted molar refractivity (Wildman–Crippen MR) is 70.9 cm³/mol. The molecular weight excluding hydrogens is 208 g/mol. The van der Waals surface area contributed by atoms with E-state index in [0.29, 0.717) is 0 Å². The van der Waals surface area contributed by atoms with Crippen LogP contribution in [0.15, 0.2) is 12.2 Å². The van der Waals surface area contributed by atoms with Gasteiger partial charge in [0.25, 0.3) is 0 Å². The molecule has 0 N–H and O–H groups in total. The van der Waals surface area contributed by atoms with Crippen LogP contribution in [0.1, 0.15) is 59.3 Å². The minimum Gasteiger partial charge on any atom is -0.363 e. The Morgan fingerprint density at radius 1 is 1.29 bits per heavy atom. The van der Waals surface area contributed by atoms with Crippen molar-refractivity contribution < 1.29 is 4.74 Å². The van der Waals surface area contributed by atoms with E-state index in [-0.39, 0.29) is 11.2 Å². The number of hydrogen-bond acceptors (Lipinski definition) is 1. The number of epoxide rings is 1. The molecule has 0 aromatic rings. The third-order valence-corrected chi connectivity index (χ3v) is 5.96. The Balaban J connectivity index is 1.87. The van der Waals surface area contributed by atoms with Gasteiger partial charge in [-0.25, -0.2) is 0 Å². The topological polar surface area (TPSA) is 12.5 Å². The van der Waals surface area contributed by atoms with Crippen LogP contribution in [0.5, 0.6) is 0 Å². The fraction of sp³-hybridized carbons (Fsp3) is 0.875. The Hall–Kier alpha value is -0.300. The second-order valence-corrected chi connectivity index (χ2v) is 7.02. The number of hydrogen-bond donors (Lipinski definition) is 0. The van der Waals surface area contributed by atoms with E-state index in [1.54, 1.807) is 0 Å². The van der Waals surface area contributed by atoms with E-state index < -0.39 is 0 Å². The van der Waals surface area contributed by atoms with Gasteiger partial charge >= 0.3 is 0 Å². The molecule has 5 atom stereocenters. The van der Waals surface area contributed by atoms with Gasteiger partial charge < -0.3 is 4.74 Å². The average molecular weight is 234 g/mol. The summed E-state index contributed by atoms with van der Waals surface area (Å²) in [5, 5.41) is 0. The fourth-order valence-corrected chi connectivity index (χ4v) is 4.69. The highest BCUT2D eigenvalue weighted by Crippen LogP contribution is 2.66. The lowest BCUT2D eigenvalue weighted by Gasteiger charge is -2.30. The maximum absolute atomic E-state index is 6.31. The summed E-state index contributed by atoms with van der Waals surface area (Å²) >= 11 is 0. The highest BCUT2D eigenvalue weighted by molar-refractivity contribution is 5.21. The first-order chi connectivity index (χ1) is 7.98. The predicted octanol–water partition coefficient (Wildman–Crippen LogP) is 4.33. The molecule has 3 rings (SSSR count). The zero-order valence-corrected chi connectivity index (χ0v) is 11.6. The Kier molecular flexibility index (Phi) is 2.49. The van der Waals surface area contributed by atoms with Crippen molar-refractivity contribution in [1.82, 2.24) is 0 Å². The normalized spacial score (nSPS) is 53.2. The van der Waals surface area contributed by atoms with Crippen LogP contribution in [-0.4, -0.2) is 11.2 Å². The van der Waals surface area contributed by atoms with Crippen molar-refractivity contribution >= 4 is 0 Å². The molecule has 96 valence electrons. The molecule has 1 heterocycles. The highest BCUT2D eigenvalue weighted by atomic mass is 16.6. The summed E-state index contributed by atoms with van der Waals surface area (Å²) in [6, 6.07) is 0. The molecule has 1 saturated heterocycles. The van der Waals surface area contributed by atoms with E-state index in [1.807, 2.05) is 0 Å². The van der Waals surface area contributed by atoms with E-state index in [9.17, 15) is 0 Å². The SMILES string of the molecule is C=C(C)[C@@H]1CCC[C@@]2(C)O[C@@]23CC[C@H](C)[C@@H]3C1. The van der Waals surface area contributed by atoms with E-state index in [4.69, 9.17) is 4.74 Å². The number of ether oxygens (including phenoxy) is 1. The van der Waals surface area contributed by atoms with Crippen LogP contribution < -0.4 is 0 Å². The molecule has 1 spiro atoms. The van der Waals surface area contributed by atoms with E-state index in [0.717, 1.165) is 17.8 Å². The molecule has 0 amide bonds. The first-order valence-electron chi connectivity index (χ1n) is 7.34. The molecular formula is C16H26O. The lowest BCUT2D eigenvalue weighted by atomic mass is 9.71. The summed E-state index contributed by atoms with van der Waals surface area (Å²) in [4.78, 5) is 0. The second-order valence-electron chi connectivity index (χ2n) is 7.02. The minimum atomic E-state index is 0.225. The van der Waals surface area contributed by atoms with Crippen LogP contribution in [0, 0.1) is 17.8 Å². The van der Waals surface area contributed by atoms with Gasteiger partial charge in [-0.1, -0.05) is 19.1 Å². The molecule has 1 heteroatoms. The number of allylic oxidation sites excluding steroid dienone is 1. The van der Waals surface area contributed by atoms with E-state index in [1.165, 1.54) is 44.1 Å². The molecule has 1 aliphatic heterocycles. The van der Waals surface area contributed by atoms with Gasteiger partial charge in [-0.3, -0.25) is 0 Å². The third-order valence-electron chi connectivity index (χ3n) is 5.96. The van der Waals surface area contributed by atoms with Gasteiger partial charge in [0, 0.05) is 0 Å². The first kappa shape index (κ1) is 11.8. The molecule has 2 saturated carbocycles. The van der Waals surface area contributed by atoms with Crippen molar-refractivity contribution in [2.24, 2.45) is 17.8 Å².